The van der Waals surface area contributed by atoms with E-state index in [1.54, 1.807) is 18.2 Å². The Balaban J connectivity index is 1.57. The van der Waals surface area contributed by atoms with Crippen molar-refractivity contribution in [1.82, 2.24) is 19.3 Å². The Labute approximate surface area is 153 Å². The highest BCUT2D eigenvalue weighted by molar-refractivity contribution is 7.89. The molecule has 0 unspecified atom stereocenters. The van der Waals surface area contributed by atoms with Crippen molar-refractivity contribution in [3.8, 4) is 5.82 Å². The molecule has 0 aliphatic carbocycles. The molecule has 0 bridgehead atoms. The third kappa shape index (κ3) is 4.27. The lowest BCUT2D eigenvalue weighted by Crippen LogP contribution is -2.29. The number of anilines is 1. The summed E-state index contributed by atoms with van der Waals surface area (Å²) in [7, 11) is -3.52. The summed E-state index contributed by atoms with van der Waals surface area (Å²) in [6.45, 7) is 4.50. The maximum absolute atomic E-state index is 12.3. The van der Waals surface area contributed by atoms with Crippen LogP contribution in [0.4, 0.5) is 5.82 Å². The van der Waals surface area contributed by atoms with E-state index in [0.717, 1.165) is 16.9 Å². The number of benzene rings is 1. The molecule has 0 saturated carbocycles. The van der Waals surface area contributed by atoms with E-state index in [1.807, 2.05) is 49.0 Å². The smallest absolute Gasteiger partial charge is 0.240 e. The zero-order chi connectivity index (χ0) is 18.6. The molecular weight excluding hydrogens is 350 g/mol. The minimum absolute atomic E-state index is 0.248. The van der Waals surface area contributed by atoms with Crippen LogP contribution in [0.1, 0.15) is 11.1 Å². The fourth-order valence-corrected chi connectivity index (χ4v) is 3.53. The first kappa shape index (κ1) is 18.1. The van der Waals surface area contributed by atoms with Gasteiger partial charge in [-0.15, -0.1) is 0 Å². The van der Waals surface area contributed by atoms with E-state index >= 15 is 0 Å². The van der Waals surface area contributed by atoms with Crippen LogP contribution in [0.3, 0.4) is 0 Å². The van der Waals surface area contributed by atoms with Gasteiger partial charge >= 0.3 is 0 Å². The molecule has 26 heavy (non-hydrogen) atoms. The average molecular weight is 371 g/mol. The Kier molecular flexibility index (Phi) is 5.34. The summed E-state index contributed by atoms with van der Waals surface area (Å²) in [5, 5.41) is 3.10. The van der Waals surface area contributed by atoms with Crippen molar-refractivity contribution in [3.63, 3.8) is 0 Å². The van der Waals surface area contributed by atoms with Crippen molar-refractivity contribution in [3.05, 3.63) is 66.2 Å². The Hall–Kier alpha value is -2.71. The van der Waals surface area contributed by atoms with Gasteiger partial charge in [0, 0.05) is 31.5 Å². The Bertz CT molecular complexity index is 985. The fourth-order valence-electron chi connectivity index (χ4n) is 2.41. The first-order chi connectivity index (χ1) is 12.5. The van der Waals surface area contributed by atoms with Gasteiger partial charge in [-0.05, 0) is 49.2 Å². The van der Waals surface area contributed by atoms with Gasteiger partial charge in [-0.2, -0.15) is 0 Å². The molecule has 136 valence electrons. The number of nitrogens with one attached hydrogen (secondary N) is 2. The topological polar surface area (TPSA) is 88.9 Å². The Morgan fingerprint density at radius 1 is 1.00 bits per heavy atom. The van der Waals surface area contributed by atoms with Gasteiger partial charge in [-0.25, -0.2) is 23.1 Å². The normalized spacial score (nSPS) is 11.5. The SMILES string of the molecule is Cc1ccc(S(=O)(=O)NCCNc2cc(-n3cccc3)ncn2)cc1C. The summed E-state index contributed by atoms with van der Waals surface area (Å²) < 4.78 is 29.2. The van der Waals surface area contributed by atoms with Gasteiger partial charge in [0.15, 0.2) is 0 Å². The molecule has 2 heterocycles. The number of aromatic nitrogens is 3. The van der Waals surface area contributed by atoms with E-state index in [1.165, 1.54) is 6.33 Å². The molecule has 0 spiro atoms. The van der Waals surface area contributed by atoms with E-state index in [-0.39, 0.29) is 11.4 Å². The van der Waals surface area contributed by atoms with E-state index < -0.39 is 10.0 Å². The Morgan fingerprint density at radius 2 is 1.77 bits per heavy atom. The van der Waals surface area contributed by atoms with Gasteiger partial charge in [-0.1, -0.05) is 6.07 Å². The third-order valence-electron chi connectivity index (χ3n) is 4.03. The summed E-state index contributed by atoms with van der Waals surface area (Å²) in [5.41, 5.74) is 2.01. The van der Waals surface area contributed by atoms with Crippen molar-refractivity contribution in [2.75, 3.05) is 18.4 Å². The molecule has 0 aliphatic rings. The van der Waals surface area contributed by atoms with Crippen LogP contribution in [-0.2, 0) is 10.0 Å². The van der Waals surface area contributed by atoms with Crippen molar-refractivity contribution in [1.29, 1.82) is 0 Å². The van der Waals surface area contributed by atoms with E-state index in [0.29, 0.717) is 12.4 Å². The first-order valence-electron chi connectivity index (χ1n) is 8.22. The van der Waals surface area contributed by atoms with Crippen LogP contribution in [0, 0.1) is 13.8 Å². The molecular formula is C18H21N5O2S. The number of hydrogen-bond acceptors (Lipinski definition) is 5. The lowest BCUT2D eigenvalue weighted by molar-refractivity contribution is 0.582. The molecule has 2 N–H and O–H groups in total. The second-order valence-electron chi connectivity index (χ2n) is 5.92. The second kappa shape index (κ2) is 7.67. The van der Waals surface area contributed by atoms with Gasteiger partial charge in [0.25, 0.3) is 0 Å². The highest BCUT2D eigenvalue weighted by Gasteiger charge is 2.13. The lowest BCUT2D eigenvalue weighted by atomic mass is 10.1. The summed E-state index contributed by atoms with van der Waals surface area (Å²) in [6, 6.07) is 10.7. The highest BCUT2D eigenvalue weighted by Crippen LogP contribution is 2.14. The third-order valence-corrected chi connectivity index (χ3v) is 5.49. The minimum Gasteiger partial charge on any atom is -0.369 e. The van der Waals surface area contributed by atoms with Gasteiger partial charge in [0.1, 0.15) is 18.0 Å². The quantitative estimate of drug-likeness (QED) is 0.622. The van der Waals surface area contributed by atoms with Crippen LogP contribution in [-0.4, -0.2) is 36.0 Å². The molecule has 3 rings (SSSR count). The fraction of sp³-hybridized carbons (Fsp3) is 0.222. The maximum atomic E-state index is 12.3. The molecule has 8 heteroatoms. The van der Waals surface area contributed by atoms with Crippen molar-refractivity contribution < 1.29 is 8.42 Å². The number of nitrogens with zero attached hydrogens (tertiary/aromatic N) is 3. The predicted molar refractivity (Wildman–Crippen MR) is 101 cm³/mol. The van der Waals surface area contributed by atoms with Crippen LogP contribution in [0.25, 0.3) is 5.82 Å². The zero-order valence-corrected chi connectivity index (χ0v) is 15.5. The number of sulfonamides is 1. The van der Waals surface area contributed by atoms with E-state index in [2.05, 4.69) is 20.0 Å². The largest absolute Gasteiger partial charge is 0.369 e. The van der Waals surface area contributed by atoms with Gasteiger partial charge < -0.3 is 9.88 Å². The summed E-state index contributed by atoms with van der Waals surface area (Å²) in [4.78, 5) is 8.63. The summed E-state index contributed by atoms with van der Waals surface area (Å²) in [5.74, 6) is 1.37. The van der Waals surface area contributed by atoms with Crippen molar-refractivity contribution in [2.45, 2.75) is 18.7 Å². The van der Waals surface area contributed by atoms with E-state index in [9.17, 15) is 8.42 Å². The second-order valence-corrected chi connectivity index (χ2v) is 7.69. The molecule has 7 nitrogen and oxygen atoms in total. The molecule has 0 amide bonds. The van der Waals surface area contributed by atoms with Crippen molar-refractivity contribution in [2.24, 2.45) is 0 Å². The first-order valence-corrected chi connectivity index (χ1v) is 9.70. The molecule has 0 fully saturated rings. The molecule has 3 aromatic rings. The summed E-state index contributed by atoms with van der Waals surface area (Å²) >= 11 is 0. The Morgan fingerprint density at radius 3 is 2.50 bits per heavy atom. The number of hydrogen-bond donors (Lipinski definition) is 2. The summed E-state index contributed by atoms with van der Waals surface area (Å²) in [6.07, 6.45) is 5.25. The van der Waals surface area contributed by atoms with E-state index in [4.69, 9.17) is 0 Å². The predicted octanol–water partition coefficient (Wildman–Crippen LogP) is 2.27. The van der Waals surface area contributed by atoms with Gasteiger partial charge in [0.2, 0.25) is 10.0 Å². The molecule has 2 aromatic heterocycles. The molecule has 1 aromatic carbocycles. The van der Waals surface area contributed by atoms with Gasteiger partial charge in [0.05, 0.1) is 4.90 Å². The van der Waals surface area contributed by atoms with Crippen LogP contribution in [0.5, 0.6) is 0 Å². The van der Waals surface area contributed by atoms with Crippen LogP contribution < -0.4 is 10.0 Å². The monoisotopic (exact) mass is 371 g/mol. The average Bonchev–Trinajstić information content (AvgIpc) is 3.16. The molecule has 0 atom stereocenters. The maximum Gasteiger partial charge on any atom is 0.240 e. The number of aryl methyl sites for hydroxylation is 2. The van der Waals surface area contributed by atoms with Gasteiger partial charge in [-0.3, -0.25) is 0 Å². The van der Waals surface area contributed by atoms with Crippen LogP contribution >= 0.6 is 0 Å². The highest BCUT2D eigenvalue weighted by atomic mass is 32.2. The van der Waals surface area contributed by atoms with Crippen LogP contribution in [0.15, 0.2) is 60.0 Å². The van der Waals surface area contributed by atoms with Crippen LogP contribution in [0.2, 0.25) is 0 Å². The minimum atomic E-state index is -3.52. The van der Waals surface area contributed by atoms with Crippen molar-refractivity contribution >= 4 is 15.8 Å². The molecule has 0 radical (unpaired) electrons. The molecule has 0 aliphatic heterocycles. The lowest BCUT2D eigenvalue weighted by Gasteiger charge is -2.10. The standard InChI is InChI=1S/C18H21N5O2S/c1-14-5-6-16(11-15(14)2)26(24,25)22-8-7-19-17-12-18(21-13-20-17)23-9-3-4-10-23/h3-6,9-13,22H,7-8H2,1-2H3,(H,19,20,21). The zero-order valence-electron chi connectivity index (χ0n) is 14.7. The molecule has 0 saturated heterocycles. The number of rotatable bonds is 7.